The Balaban J connectivity index is 1.82. The number of carbonyl (C=O) groups is 2. The molecule has 0 aliphatic carbocycles. The standard InChI is InChI=1S/C25H22N2O3/c1-3-30-21-15-8-7-14-20(21)26-23-22(18-11-5-4-6-12-18)24(28)27(25(23)29)19-13-9-10-17(2)16-19/h4-16,26H,3H2,1-2H3. The molecule has 0 radical (unpaired) electrons. The first-order chi connectivity index (χ1) is 14.6. The van der Waals surface area contributed by atoms with Gasteiger partial charge in [-0.25, -0.2) is 4.90 Å². The molecule has 5 heteroatoms. The minimum Gasteiger partial charge on any atom is -0.492 e. The summed E-state index contributed by atoms with van der Waals surface area (Å²) in [6.07, 6.45) is 0. The van der Waals surface area contributed by atoms with E-state index in [0.717, 1.165) is 5.56 Å². The average Bonchev–Trinajstić information content (AvgIpc) is 3.00. The Bertz CT molecular complexity index is 1140. The third-order valence-corrected chi connectivity index (χ3v) is 4.85. The summed E-state index contributed by atoms with van der Waals surface area (Å²) in [5.74, 6) is -0.127. The third kappa shape index (κ3) is 3.57. The fraction of sp³-hybridized carbons (Fsp3) is 0.120. The van der Waals surface area contributed by atoms with Gasteiger partial charge >= 0.3 is 0 Å². The third-order valence-electron chi connectivity index (χ3n) is 4.85. The summed E-state index contributed by atoms with van der Waals surface area (Å²) in [5.41, 5.74) is 3.41. The van der Waals surface area contributed by atoms with Gasteiger partial charge in [0.15, 0.2) is 0 Å². The number of rotatable bonds is 6. The zero-order valence-corrected chi connectivity index (χ0v) is 16.9. The van der Waals surface area contributed by atoms with Gasteiger partial charge in [-0.2, -0.15) is 0 Å². The number of amides is 2. The number of carbonyl (C=O) groups excluding carboxylic acids is 2. The highest BCUT2D eigenvalue weighted by molar-refractivity contribution is 6.46. The summed E-state index contributed by atoms with van der Waals surface area (Å²) in [4.78, 5) is 28.1. The maximum atomic E-state index is 13.4. The predicted molar refractivity (Wildman–Crippen MR) is 118 cm³/mol. The molecule has 0 saturated heterocycles. The Labute approximate surface area is 175 Å². The Morgan fingerprint density at radius 2 is 1.60 bits per heavy atom. The van der Waals surface area contributed by atoms with Crippen LogP contribution in [0.2, 0.25) is 0 Å². The first kappa shape index (κ1) is 19.5. The molecule has 3 aromatic carbocycles. The fourth-order valence-electron chi connectivity index (χ4n) is 3.51. The quantitative estimate of drug-likeness (QED) is 0.607. The van der Waals surface area contributed by atoms with Crippen LogP contribution in [0.15, 0.2) is 84.6 Å². The van der Waals surface area contributed by atoms with E-state index >= 15 is 0 Å². The van der Waals surface area contributed by atoms with Crippen molar-refractivity contribution in [1.82, 2.24) is 0 Å². The Morgan fingerprint density at radius 3 is 2.33 bits per heavy atom. The van der Waals surface area contributed by atoms with Crippen molar-refractivity contribution >= 4 is 28.8 Å². The summed E-state index contributed by atoms with van der Waals surface area (Å²) in [6, 6.07) is 24.0. The molecule has 4 rings (SSSR count). The van der Waals surface area contributed by atoms with Gasteiger partial charge in [-0.3, -0.25) is 9.59 Å². The lowest BCUT2D eigenvalue weighted by Gasteiger charge is -2.16. The Kier molecular flexibility index (Phi) is 5.35. The fourth-order valence-corrected chi connectivity index (χ4v) is 3.51. The number of anilines is 2. The monoisotopic (exact) mass is 398 g/mol. The normalized spacial score (nSPS) is 13.7. The highest BCUT2D eigenvalue weighted by Crippen LogP contribution is 2.35. The Hall–Kier alpha value is -3.86. The molecular formula is C25H22N2O3. The molecule has 0 aromatic heterocycles. The summed E-state index contributed by atoms with van der Waals surface area (Å²) >= 11 is 0. The van der Waals surface area contributed by atoms with E-state index in [-0.39, 0.29) is 11.6 Å². The molecule has 1 aliphatic rings. The molecular weight excluding hydrogens is 376 g/mol. The second kappa shape index (κ2) is 8.25. The van der Waals surface area contributed by atoms with Crippen molar-refractivity contribution in [3.8, 4) is 5.75 Å². The molecule has 0 spiro atoms. The minimum absolute atomic E-state index is 0.236. The molecule has 1 heterocycles. The number of nitrogens with zero attached hydrogens (tertiary/aromatic N) is 1. The van der Waals surface area contributed by atoms with E-state index in [1.165, 1.54) is 4.90 Å². The molecule has 0 atom stereocenters. The highest BCUT2D eigenvalue weighted by Gasteiger charge is 2.40. The number of nitrogens with one attached hydrogen (secondary N) is 1. The van der Waals surface area contributed by atoms with Gasteiger partial charge in [-0.1, -0.05) is 54.6 Å². The second-order valence-electron chi connectivity index (χ2n) is 6.95. The molecule has 5 nitrogen and oxygen atoms in total. The summed E-state index contributed by atoms with van der Waals surface area (Å²) in [7, 11) is 0. The van der Waals surface area contributed by atoms with Gasteiger partial charge in [-0.05, 0) is 49.2 Å². The van der Waals surface area contributed by atoms with Gasteiger partial charge in [0.25, 0.3) is 11.8 Å². The average molecular weight is 398 g/mol. The van der Waals surface area contributed by atoms with Crippen LogP contribution >= 0.6 is 0 Å². The molecule has 0 unspecified atom stereocenters. The van der Waals surface area contributed by atoms with Crippen LogP contribution in [0.1, 0.15) is 18.1 Å². The number of hydrogen-bond acceptors (Lipinski definition) is 4. The zero-order valence-electron chi connectivity index (χ0n) is 16.9. The van der Waals surface area contributed by atoms with Crippen LogP contribution in [0.4, 0.5) is 11.4 Å². The van der Waals surface area contributed by atoms with Crippen LogP contribution in [-0.4, -0.2) is 18.4 Å². The van der Waals surface area contributed by atoms with Gasteiger partial charge in [-0.15, -0.1) is 0 Å². The van der Waals surface area contributed by atoms with E-state index in [1.807, 2.05) is 86.6 Å². The molecule has 2 amide bonds. The molecule has 1 N–H and O–H groups in total. The lowest BCUT2D eigenvalue weighted by Crippen LogP contribution is -2.32. The molecule has 0 saturated carbocycles. The number of imide groups is 1. The van der Waals surface area contributed by atoms with Crippen molar-refractivity contribution in [2.45, 2.75) is 13.8 Å². The number of ether oxygens (including phenoxy) is 1. The van der Waals surface area contributed by atoms with Gasteiger partial charge in [0.05, 0.1) is 23.6 Å². The van der Waals surface area contributed by atoms with Crippen LogP contribution in [0.25, 0.3) is 5.57 Å². The van der Waals surface area contributed by atoms with Gasteiger partial charge in [0.2, 0.25) is 0 Å². The number of aryl methyl sites for hydroxylation is 1. The van der Waals surface area contributed by atoms with Crippen LogP contribution < -0.4 is 15.0 Å². The molecule has 1 aliphatic heterocycles. The number of hydrogen-bond donors (Lipinski definition) is 1. The van der Waals surface area contributed by atoms with Crippen LogP contribution in [0, 0.1) is 6.92 Å². The van der Waals surface area contributed by atoms with E-state index < -0.39 is 5.91 Å². The number of para-hydroxylation sites is 2. The van der Waals surface area contributed by atoms with Crippen molar-refractivity contribution in [3.63, 3.8) is 0 Å². The molecule has 150 valence electrons. The lowest BCUT2D eigenvalue weighted by atomic mass is 10.0. The summed E-state index contributed by atoms with van der Waals surface area (Å²) in [6.45, 7) is 4.32. The molecule has 0 fully saturated rings. The maximum Gasteiger partial charge on any atom is 0.282 e. The van der Waals surface area contributed by atoms with Gasteiger partial charge in [0.1, 0.15) is 11.4 Å². The summed E-state index contributed by atoms with van der Waals surface area (Å²) < 4.78 is 5.68. The second-order valence-corrected chi connectivity index (χ2v) is 6.95. The van der Waals surface area contributed by atoms with E-state index in [2.05, 4.69) is 5.32 Å². The van der Waals surface area contributed by atoms with E-state index in [4.69, 9.17) is 4.74 Å². The van der Waals surface area contributed by atoms with Gasteiger partial charge < -0.3 is 10.1 Å². The van der Waals surface area contributed by atoms with Crippen LogP contribution in [0.5, 0.6) is 5.75 Å². The van der Waals surface area contributed by atoms with Crippen molar-refractivity contribution in [3.05, 3.63) is 95.7 Å². The van der Waals surface area contributed by atoms with Crippen molar-refractivity contribution in [2.24, 2.45) is 0 Å². The van der Waals surface area contributed by atoms with E-state index in [9.17, 15) is 9.59 Å². The van der Waals surface area contributed by atoms with E-state index in [1.54, 1.807) is 6.07 Å². The molecule has 30 heavy (non-hydrogen) atoms. The summed E-state index contributed by atoms with van der Waals surface area (Å²) in [5, 5.41) is 3.18. The van der Waals surface area contributed by atoms with Crippen molar-refractivity contribution < 1.29 is 14.3 Å². The maximum absolute atomic E-state index is 13.4. The first-order valence-electron chi connectivity index (χ1n) is 9.84. The van der Waals surface area contributed by atoms with Crippen LogP contribution in [-0.2, 0) is 9.59 Å². The SMILES string of the molecule is CCOc1ccccc1NC1=C(c2ccccc2)C(=O)N(c2cccc(C)c2)C1=O. The Morgan fingerprint density at radius 1 is 0.867 bits per heavy atom. The lowest BCUT2D eigenvalue weighted by molar-refractivity contribution is -0.120. The van der Waals surface area contributed by atoms with E-state index in [0.29, 0.717) is 34.9 Å². The van der Waals surface area contributed by atoms with Crippen LogP contribution in [0.3, 0.4) is 0 Å². The number of benzene rings is 3. The minimum atomic E-state index is -0.393. The predicted octanol–water partition coefficient (Wildman–Crippen LogP) is 4.79. The first-order valence-corrected chi connectivity index (χ1v) is 9.84. The molecule has 3 aromatic rings. The zero-order chi connectivity index (χ0) is 21.1. The smallest absolute Gasteiger partial charge is 0.282 e. The largest absolute Gasteiger partial charge is 0.492 e. The van der Waals surface area contributed by atoms with Gasteiger partial charge in [0, 0.05) is 0 Å². The van der Waals surface area contributed by atoms with Crippen molar-refractivity contribution in [1.29, 1.82) is 0 Å². The molecule has 0 bridgehead atoms. The topological polar surface area (TPSA) is 58.6 Å². The van der Waals surface area contributed by atoms with Crippen molar-refractivity contribution in [2.75, 3.05) is 16.8 Å². The highest BCUT2D eigenvalue weighted by atomic mass is 16.5.